The Labute approximate surface area is 152 Å². The van der Waals surface area contributed by atoms with Crippen LogP contribution in [0.1, 0.15) is 38.8 Å². The number of methoxy groups -OCH3 is 1. The van der Waals surface area contributed by atoms with Crippen LogP contribution in [0.4, 0.5) is 13.2 Å². The number of ether oxygens (including phenoxy) is 3. The van der Waals surface area contributed by atoms with Crippen LogP contribution in [0.15, 0.2) is 36.7 Å². The maximum Gasteiger partial charge on any atom is 0.416 e. The molecule has 0 unspecified atom stereocenters. The van der Waals surface area contributed by atoms with Crippen LogP contribution in [-0.2, 0) is 15.7 Å². The third kappa shape index (κ3) is 4.82. The molecular formula is C18H16F3NO5. The van der Waals surface area contributed by atoms with E-state index < -0.39 is 23.5 Å². The molecule has 0 amide bonds. The maximum absolute atomic E-state index is 13.0. The Hall–Kier alpha value is -2.94. The number of esters is 1. The van der Waals surface area contributed by atoms with Crippen molar-refractivity contribution in [2.45, 2.75) is 13.1 Å². The van der Waals surface area contributed by atoms with Crippen molar-refractivity contribution in [2.75, 3.05) is 20.5 Å². The van der Waals surface area contributed by atoms with Crippen LogP contribution in [0.25, 0.3) is 0 Å². The number of hydrogen-bond acceptors (Lipinski definition) is 6. The Morgan fingerprint density at radius 3 is 2.48 bits per heavy atom. The molecular weight excluding hydrogens is 367 g/mol. The zero-order valence-corrected chi connectivity index (χ0v) is 14.5. The Morgan fingerprint density at radius 2 is 1.85 bits per heavy atom. The number of pyridine rings is 1. The van der Waals surface area contributed by atoms with Crippen LogP contribution in [0.2, 0.25) is 0 Å². The van der Waals surface area contributed by atoms with E-state index in [0.29, 0.717) is 6.07 Å². The molecule has 0 radical (unpaired) electrons. The van der Waals surface area contributed by atoms with Crippen LogP contribution in [0.5, 0.6) is 5.75 Å². The quantitative estimate of drug-likeness (QED) is 0.414. The van der Waals surface area contributed by atoms with Gasteiger partial charge in [0, 0.05) is 25.1 Å². The number of carbonyl (C=O) groups is 2. The molecule has 1 aromatic carbocycles. The molecule has 0 saturated carbocycles. The summed E-state index contributed by atoms with van der Waals surface area (Å²) in [5.74, 6) is -1.79. The minimum absolute atomic E-state index is 0.0644. The molecule has 0 aliphatic carbocycles. The lowest BCUT2D eigenvalue weighted by Crippen LogP contribution is -2.15. The average molecular weight is 383 g/mol. The van der Waals surface area contributed by atoms with E-state index >= 15 is 0 Å². The summed E-state index contributed by atoms with van der Waals surface area (Å²) < 4.78 is 53.6. The van der Waals surface area contributed by atoms with Gasteiger partial charge in [0.25, 0.3) is 0 Å². The first-order valence-corrected chi connectivity index (χ1v) is 7.78. The van der Waals surface area contributed by atoms with E-state index in [-0.39, 0.29) is 35.8 Å². The van der Waals surface area contributed by atoms with Gasteiger partial charge >= 0.3 is 12.1 Å². The Kier molecular flexibility index (Phi) is 6.51. The van der Waals surface area contributed by atoms with E-state index in [1.165, 1.54) is 19.4 Å². The number of hydrogen-bond donors (Lipinski definition) is 0. The summed E-state index contributed by atoms with van der Waals surface area (Å²) in [5.41, 5.74) is -1.30. The summed E-state index contributed by atoms with van der Waals surface area (Å²) in [5, 5.41) is 0. The minimum atomic E-state index is -4.61. The van der Waals surface area contributed by atoms with Gasteiger partial charge in [-0.3, -0.25) is 9.78 Å². The number of carbonyl (C=O) groups excluding carboxylic acids is 2. The van der Waals surface area contributed by atoms with Gasteiger partial charge in [0.1, 0.15) is 5.75 Å². The van der Waals surface area contributed by atoms with Crippen LogP contribution < -0.4 is 4.74 Å². The molecule has 2 aromatic rings. The van der Waals surface area contributed by atoms with E-state index in [4.69, 9.17) is 14.2 Å². The van der Waals surface area contributed by atoms with Crippen LogP contribution in [0.3, 0.4) is 0 Å². The average Bonchev–Trinajstić information content (AvgIpc) is 2.65. The molecule has 27 heavy (non-hydrogen) atoms. The molecule has 2 rings (SSSR count). The second kappa shape index (κ2) is 8.63. The molecule has 0 spiro atoms. The van der Waals surface area contributed by atoms with Gasteiger partial charge in [0.05, 0.1) is 23.3 Å². The fraction of sp³-hybridized carbons (Fsp3) is 0.278. The van der Waals surface area contributed by atoms with Gasteiger partial charge in [-0.15, -0.1) is 0 Å². The second-order valence-electron chi connectivity index (χ2n) is 5.23. The Morgan fingerprint density at radius 1 is 1.11 bits per heavy atom. The molecule has 9 heteroatoms. The predicted octanol–water partition coefficient (Wildman–Crippen LogP) is 3.49. The molecule has 0 fully saturated rings. The number of rotatable bonds is 7. The summed E-state index contributed by atoms with van der Waals surface area (Å²) >= 11 is 0. The summed E-state index contributed by atoms with van der Waals surface area (Å²) in [6, 6.07) is 3.74. The van der Waals surface area contributed by atoms with Crippen molar-refractivity contribution in [1.29, 1.82) is 0 Å². The summed E-state index contributed by atoms with van der Waals surface area (Å²) in [6.45, 7) is 1.33. The van der Waals surface area contributed by atoms with Crippen molar-refractivity contribution in [1.82, 2.24) is 4.98 Å². The highest BCUT2D eigenvalue weighted by atomic mass is 19.4. The highest BCUT2D eigenvalue weighted by Crippen LogP contribution is 2.34. The van der Waals surface area contributed by atoms with Crippen molar-refractivity contribution in [3.05, 3.63) is 58.9 Å². The smallest absolute Gasteiger partial charge is 0.416 e. The first kappa shape index (κ1) is 20.4. The Balaban J connectivity index is 2.51. The van der Waals surface area contributed by atoms with Crippen LogP contribution in [-0.4, -0.2) is 37.2 Å². The van der Waals surface area contributed by atoms with Crippen molar-refractivity contribution in [2.24, 2.45) is 0 Å². The standard InChI is InChI=1S/C18H16F3NO5/c1-3-26-17(24)14-9-22-7-6-12(14)16(23)13-5-4-11(18(19,20)21)8-15(13)27-10-25-2/h4-9H,3,10H2,1-2H3. The van der Waals surface area contributed by atoms with Crippen molar-refractivity contribution in [3.63, 3.8) is 0 Å². The van der Waals surface area contributed by atoms with Crippen molar-refractivity contribution >= 4 is 11.8 Å². The zero-order valence-electron chi connectivity index (χ0n) is 14.5. The lowest BCUT2D eigenvalue weighted by molar-refractivity contribution is -0.137. The SMILES string of the molecule is CCOC(=O)c1cnccc1C(=O)c1ccc(C(F)(F)F)cc1OCOC. The van der Waals surface area contributed by atoms with Crippen LogP contribution in [0, 0.1) is 0 Å². The van der Waals surface area contributed by atoms with Gasteiger partial charge in [-0.1, -0.05) is 0 Å². The lowest BCUT2D eigenvalue weighted by Gasteiger charge is -2.14. The third-order valence-corrected chi connectivity index (χ3v) is 3.45. The van der Waals surface area contributed by atoms with Crippen molar-refractivity contribution < 1.29 is 37.0 Å². The van der Waals surface area contributed by atoms with Gasteiger partial charge in [0.15, 0.2) is 12.6 Å². The van der Waals surface area contributed by atoms with Gasteiger partial charge in [-0.05, 0) is 31.2 Å². The molecule has 144 valence electrons. The minimum Gasteiger partial charge on any atom is -0.467 e. The summed E-state index contributed by atoms with van der Waals surface area (Å²) in [4.78, 5) is 28.7. The fourth-order valence-electron chi connectivity index (χ4n) is 2.24. The number of ketones is 1. The zero-order chi connectivity index (χ0) is 20.0. The number of aromatic nitrogens is 1. The van der Waals surface area contributed by atoms with Gasteiger partial charge in [0.2, 0.25) is 0 Å². The van der Waals surface area contributed by atoms with E-state index in [1.807, 2.05) is 0 Å². The first-order chi connectivity index (χ1) is 12.8. The molecule has 1 aromatic heterocycles. The number of benzene rings is 1. The van der Waals surface area contributed by atoms with Gasteiger partial charge in [-0.25, -0.2) is 4.79 Å². The number of alkyl halides is 3. The molecule has 0 saturated heterocycles. The second-order valence-corrected chi connectivity index (χ2v) is 5.23. The Bertz CT molecular complexity index is 836. The fourth-order valence-corrected chi connectivity index (χ4v) is 2.24. The molecule has 0 atom stereocenters. The first-order valence-electron chi connectivity index (χ1n) is 7.78. The van der Waals surface area contributed by atoms with Gasteiger partial charge < -0.3 is 14.2 Å². The normalized spacial score (nSPS) is 11.1. The highest BCUT2D eigenvalue weighted by molar-refractivity contribution is 6.15. The topological polar surface area (TPSA) is 74.7 Å². The highest BCUT2D eigenvalue weighted by Gasteiger charge is 2.32. The molecule has 0 aliphatic rings. The van der Waals surface area contributed by atoms with E-state index in [9.17, 15) is 22.8 Å². The van der Waals surface area contributed by atoms with Crippen molar-refractivity contribution in [3.8, 4) is 5.75 Å². The third-order valence-electron chi connectivity index (χ3n) is 3.45. The van der Waals surface area contributed by atoms with Crippen LogP contribution >= 0.6 is 0 Å². The largest absolute Gasteiger partial charge is 0.467 e. The molecule has 0 aliphatic heterocycles. The van der Waals surface area contributed by atoms with Gasteiger partial charge in [-0.2, -0.15) is 13.2 Å². The van der Waals surface area contributed by atoms with E-state index in [1.54, 1.807) is 6.92 Å². The maximum atomic E-state index is 13.0. The molecule has 6 nitrogen and oxygen atoms in total. The summed E-state index contributed by atoms with van der Waals surface area (Å²) in [7, 11) is 1.29. The molecule has 0 bridgehead atoms. The predicted molar refractivity (Wildman–Crippen MR) is 87.6 cm³/mol. The van der Waals surface area contributed by atoms with E-state index in [2.05, 4.69) is 4.98 Å². The monoisotopic (exact) mass is 383 g/mol. The number of halogens is 3. The van der Waals surface area contributed by atoms with E-state index in [0.717, 1.165) is 18.3 Å². The summed E-state index contributed by atoms with van der Waals surface area (Å²) in [6.07, 6.45) is -2.17. The molecule has 0 N–H and O–H groups in total. The lowest BCUT2D eigenvalue weighted by atomic mass is 9.98. The number of nitrogens with zero attached hydrogens (tertiary/aromatic N) is 1. The molecule has 1 heterocycles.